The first kappa shape index (κ1) is 26.9. The van der Waals surface area contributed by atoms with Gasteiger partial charge in [0.2, 0.25) is 5.97 Å². The van der Waals surface area contributed by atoms with Gasteiger partial charge < -0.3 is 19.7 Å². The number of hydrogen-bond donors (Lipinski definition) is 1. The van der Waals surface area contributed by atoms with Gasteiger partial charge in [0, 0.05) is 6.42 Å². The van der Waals surface area contributed by atoms with Crippen LogP contribution in [0.1, 0.15) is 90.4 Å². The minimum atomic E-state index is -1.78. The van der Waals surface area contributed by atoms with Gasteiger partial charge in [0.05, 0.1) is 6.10 Å². The smallest absolute Gasteiger partial charge is 0.484 e. The minimum absolute atomic E-state index is 0. The zero-order chi connectivity index (χ0) is 18.0. The predicted octanol–water partition coefficient (Wildman–Crippen LogP) is 0.885. The molecule has 0 bridgehead atoms. The van der Waals surface area contributed by atoms with E-state index in [0.29, 0.717) is 6.42 Å². The molecule has 1 atom stereocenters. The van der Waals surface area contributed by atoms with Crippen molar-refractivity contribution in [2.45, 2.75) is 96.5 Å². The molecule has 0 unspecified atom stereocenters. The van der Waals surface area contributed by atoms with E-state index in [4.69, 9.17) is 0 Å². The normalized spacial score (nSPS) is 11.9. The Hall–Kier alpha value is -0.360. The number of aliphatic hydroxyl groups is 1. The van der Waals surface area contributed by atoms with Crippen LogP contribution in [0, 0.1) is 0 Å². The molecule has 0 saturated heterocycles. The van der Waals surface area contributed by atoms with Gasteiger partial charge in [0.15, 0.2) is 0 Å². The average molecular weight is 364 g/mol. The molecule has 0 rings (SSSR count). The molecule has 0 radical (unpaired) electrons. The monoisotopic (exact) mass is 364 g/mol. The van der Waals surface area contributed by atoms with Crippen LogP contribution >= 0.6 is 0 Å². The Bertz CT molecular complexity index is 358. The fraction of sp³-hybridized carbons (Fsp3) is 0.789. The molecular formula is C19H33NaO5. The van der Waals surface area contributed by atoms with Crippen molar-refractivity contribution in [1.82, 2.24) is 0 Å². The first-order chi connectivity index (χ1) is 11.6. The first-order valence-electron chi connectivity index (χ1n) is 9.31. The van der Waals surface area contributed by atoms with Crippen LogP contribution in [0.25, 0.3) is 0 Å². The molecule has 0 aliphatic rings. The standard InChI is InChI=1S/C19H34O5.Na/c1-2-3-4-11-14-17(20)15-12-9-7-5-6-8-10-13-16-18(21)24-19(22)23;/h9,12,17,20H,2-8,10-11,13-16H2,1H3,(H,22,23);/q;+1/p-1/b12-9-;/t17-;/m1./s1. The second-order valence-electron chi connectivity index (χ2n) is 6.24. The molecule has 0 spiro atoms. The molecule has 140 valence electrons. The molecule has 0 aliphatic carbocycles. The topological polar surface area (TPSA) is 86.7 Å². The van der Waals surface area contributed by atoms with Crippen LogP contribution in [0.15, 0.2) is 12.2 Å². The van der Waals surface area contributed by atoms with Crippen LogP contribution in [0.4, 0.5) is 4.79 Å². The zero-order valence-electron chi connectivity index (χ0n) is 16.0. The fourth-order valence-corrected chi connectivity index (χ4v) is 2.50. The number of carbonyl (C=O) groups is 2. The molecule has 0 fully saturated rings. The second-order valence-corrected chi connectivity index (χ2v) is 6.24. The summed E-state index contributed by atoms with van der Waals surface area (Å²) in [7, 11) is 0. The van der Waals surface area contributed by atoms with Gasteiger partial charge in [-0.1, -0.05) is 64.0 Å². The van der Waals surface area contributed by atoms with Crippen molar-refractivity contribution in [3.8, 4) is 0 Å². The summed E-state index contributed by atoms with van der Waals surface area (Å²) >= 11 is 0. The number of esters is 1. The Morgan fingerprint density at radius 3 is 2.32 bits per heavy atom. The molecule has 6 heteroatoms. The van der Waals surface area contributed by atoms with E-state index in [9.17, 15) is 19.8 Å². The van der Waals surface area contributed by atoms with Crippen LogP contribution in [-0.4, -0.2) is 23.3 Å². The molecule has 0 heterocycles. The Balaban J connectivity index is 0. The number of carboxylic acid groups (broad SMARTS) is 1. The van der Waals surface area contributed by atoms with Crippen molar-refractivity contribution in [3.05, 3.63) is 12.2 Å². The van der Waals surface area contributed by atoms with E-state index in [1.807, 2.05) is 0 Å². The number of aliphatic hydroxyl groups excluding tert-OH is 1. The van der Waals surface area contributed by atoms with E-state index in [1.54, 1.807) is 0 Å². The molecule has 25 heavy (non-hydrogen) atoms. The molecule has 0 saturated carbocycles. The number of carbonyl (C=O) groups excluding carboxylic acids is 2. The molecule has 0 aliphatic heterocycles. The zero-order valence-corrected chi connectivity index (χ0v) is 18.0. The van der Waals surface area contributed by atoms with Crippen molar-refractivity contribution < 1.29 is 54.1 Å². The Morgan fingerprint density at radius 1 is 1.00 bits per heavy atom. The summed E-state index contributed by atoms with van der Waals surface area (Å²) in [5.41, 5.74) is 0. The van der Waals surface area contributed by atoms with E-state index in [2.05, 4.69) is 23.8 Å². The van der Waals surface area contributed by atoms with Crippen molar-refractivity contribution in [2.24, 2.45) is 0 Å². The maximum Gasteiger partial charge on any atom is 1.00 e. The number of allylic oxidation sites excluding steroid dienone is 1. The van der Waals surface area contributed by atoms with Gasteiger partial charge in [-0.2, -0.15) is 0 Å². The number of ether oxygens (including phenoxy) is 1. The molecule has 0 aromatic rings. The third kappa shape index (κ3) is 21.6. The SMILES string of the molecule is CCCCCC[C@@H](O)C/C=C\CCCCCCCC(=O)OC(=O)[O-].[Na+]. The molecule has 1 N–H and O–H groups in total. The van der Waals surface area contributed by atoms with Gasteiger partial charge in [-0.3, -0.25) is 4.79 Å². The second kappa shape index (κ2) is 20.0. The van der Waals surface area contributed by atoms with Crippen molar-refractivity contribution in [2.75, 3.05) is 0 Å². The molecule has 0 aromatic carbocycles. The molecule has 0 aromatic heterocycles. The van der Waals surface area contributed by atoms with Crippen LogP contribution in [0.2, 0.25) is 0 Å². The third-order valence-corrected chi connectivity index (χ3v) is 3.91. The summed E-state index contributed by atoms with van der Waals surface area (Å²) in [6, 6.07) is 0. The van der Waals surface area contributed by atoms with E-state index in [0.717, 1.165) is 51.4 Å². The van der Waals surface area contributed by atoms with Crippen LogP contribution in [0.3, 0.4) is 0 Å². The summed E-state index contributed by atoms with van der Waals surface area (Å²) in [6.45, 7) is 2.18. The maximum absolute atomic E-state index is 10.9. The third-order valence-electron chi connectivity index (χ3n) is 3.91. The number of rotatable bonds is 15. The van der Waals surface area contributed by atoms with Gasteiger partial charge in [-0.05, 0) is 32.1 Å². The fourth-order valence-electron chi connectivity index (χ4n) is 2.50. The first-order valence-corrected chi connectivity index (χ1v) is 9.31. The summed E-state index contributed by atoms with van der Waals surface area (Å²) in [5, 5.41) is 19.8. The van der Waals surface area contributed by atoms with E-state index >= 15 is 0 Å². The van der Waals surface area contributed by atoms with Gasteiger partial charge in [0.25, 0.3) is 6.16 Å². The van der Waals surface area contributed by atoms with E-state index in [1.165, 1.54) is 19.3 Å². The summed E-state index contributed by atoms with van der Waals surface area (Å²) in [5.74, 6) is -0.730. The maximum atomic E-state index is 10.9. The van der Waals surface area contributed by atoms with E-state index in [-0.39, 0.29) is 42.1 Å². The largest absolute Gasteiger partial charge is 1.00 e. The predicted molar refractivity (Wildman–Crippen MR) is 92.3 cm³/mol. The van der Waals surface area contributed by atoms with Gasteiger partial charge in [-0.15, -0.1) is 0 Å². The Labute approximate surface area is 174 Å². The van der Waals surface area contributed by atoms with Gasteiger partial charge in [-0.25, -0.2) is 0 Å². The van der Waals surface area contributed by atoms with Gasteiger partial charge in [0.1, 0.15) is 0 Å². The summed E-state index contributed by atoms with van der Waals surface area (Å²) in [4.78, 5) is 21.0. The summed E-state index contributed by atoms with van der Waals surface area (Å²) < 4.78 is 3.92. The average Bonchev–Trinajstić information content (AvgIpc) is 2.52. The van der Waals surface area contributed by atoms with Crippen molar-refractivity contribution in [3.63, 3.8) is 0 Å². The molecule has 5 nitrogen and oxygen atoms in total. The van der Waals surface area contributed by atoms with Crippen LogP contribution < -0.4 is 34.7 Å². The van der Waals surface area contributed by atoms with Crippen molar-refractivity contribution >= 4 is 12.1 Å². The Kier molecular flexibility index (Phi) is 21.4. The number of unbranched alkanes of at least 4 members (excludes halogenated alkanes) is 8. The number of hydrogen-bond acceptors (Lipinski definition) is 5. The van der Waals surface area contributed by atoms with Crippen LogP contribution in [0.5, 0.6) is 0 Å². The van der Waals surface area contributed by atoms with Gasteiger partial charge >= 0.3 is 29.6 Å². The quantitative estimate of drug-likeness (QED) is 0.153. The summed E-state index contributed by atoms with van der Waals surface area (Å²) in [6.07, 6.45) is 14.5. The van der Waals surface area contributed by atoms with Crippen LogP contribution in [-0.2, 0) is 9.53 Å². The Morgan fingerprint density at radius 2 is 1.64 bits per heavy atom. The molecular weight excluding hydrogens is 331 g/mol. The van der Waals surface area contributed by atoms with E-state index < -0.39 is 12.1 Å². The minimum Gasteiger partial charge on any atom is -0.484 e. The van der Waals surface area contributed by atoms with Crippen molar-refractivity contribution in [1.29, 1.82) is 0 Å². The molecule has 0 amide bonds.